The van der Waals surface area contributed by atoms with Crippen LogP contribution in [-0.2, 0) is 14.3 Å². The predicted octanol–water partition coefficient (Wildman–Crippen LogP) is 15.7. The summed E-state index contributed by atoms with van der Waals surface area (Å²) >= 11 is 0. The lowest BCUT2D eigenvalue weighted by Gasteiger charge is -2.22. The van der Waals surface area contributed by atoms with E-state index >= 15 is 0 Å². The fraction of sp³-hybridized carbons (Fsp3) is 0.889. The molecule has 7 nitrogen and oxygen atoms in total. The first-order chi connectivity index (χ1) is 30.0. The summed E-state index contributed by atoms with van der Waals surface area (Å²) in [6, 6.07) is 0. The average Bonchev–Trinajstić information content (AvgIpc) is 3.26. The Hall–Kier alpha value is -1.86. The third-order valence-corrected chi connectivity index (χ3v) is 12.3. The van der Waals surface area contributed by atoms with Gasteiger partial charge in [-0.05, 0) is 123 Å². The van der Waals surface area contributed by atoms with Gasteiger partial charge in [-0.25, -0.2) is 4.79 Å². The molecule has 0 aliphatic carbocycles. The minimum absolute atomic E-state index is 0.0250. The topological polar surface area (TPSA) is 71.1 Å². The molecule has 0 aromatic rings. The van der Waals surface area contributed by atoms with Crippen LogP contribution >= 0.6 is 0 Å². The third-order valence-electron chi connectivity index (χ3n) is 12.3. The fourth-order valence-corrected chi connectivity index (χ4v) is 8.14. The van der Waals surface area contributed by atoms with Gasteiger partial charge in [0.1, 0.15) is 6.10 Å². The van der Waals surface area contributed by atoms with Crippen molar-refractivity contribution in [3.8, 4) is 0 Å². The highest BCUT2D eigenvalue weighted by molar-refractivity contribution is 5.69. The number of rotatable bonds is 48. The van der Waals surface area contributed by atoms with Crippen LogP contribution in [0.5, 0.6) is 0 Å². The monoisotopic (exact) mass is 860 g/mol. The molecular weight excluding hydrogens is 755 g/mol. The molecule has 0 aliphatic rings. The molecule has 0 heterocycles. The van der Waals surface area contributed by atoms with E-state index < -0.39 is 0 Å². The van der Waals surface area contributed by atoms with Crippen molar-refractivity contribution in [2.75, 3.05) is 52.4 Å². The molecule has 0 aliphatic heterocycles. The Morgan fingerprint density at radius 2 is 0.918 bits per heavy atom. The van der Waals surface area contributed by atoms with E-state index in [-0.39, 0.29) is 18.2 Å². The molecule has 0 aromatic carbocycles. The first-order valence-electron chi connectivity index (χ1n) is 26.8. The van der Waals surface area contributed by atoms with E-state index in [0.29, 0.717) is 19.6 Å². The van der Waals surface area contributed by atoms with Crippen molar-refractivity contribution in [3.63, 3.8) is 0 Å². The molecule has 0 bridgehead atoms. The van der Waals surface area contributed by atoms with Crippen LogP contribution in [0.4, 0.5) is 4.79 Å². The van der Waals surface area contributed by atoms with E-state index in [4.69, 9.17) is 9.47 Å². The number of nitrogens with zero attached hydrogens (tertiary/aromatic N) is 2. The van der Waals surface area contributed by atoms with Gasteiger partial charge in [-0.1, -0.05) is 181 Å². The summed E-state index contributed by atoms with van der Waals surface area (Å²) in [5.41, 5.74) is 0. The van der Waals surface area contributed by atoms with Crippen LogP contribution in [0.2, 0.25) is 0 Å². The lowest BCUT2D eigenvalue weighted by atomic mass is 10.0. The van der Waals surface area contributed by atoms with Crippen LogP contribution in [0, 0.1) is 0 Å². The maximum atomic E-state index is 12.9. The number of esters is 1. The molecule has 0 rings (SSSR count). The van der Waals surface area contributed by atoms with Crippen molar-refractivity contribution < 1.29 is 19.1 Å². The summed E-state index contributed by atoms with van der Waals surface area (Å²) in [5, 5.41) is 2.93. The number of hydrogen-bond donors (Lipinski definition) is 1. The summed E-state index contributed by atoms with van der Waals surface area (Å²) in [5.74, 6) is 0.0250. The zero-order chi connectivity index (χ0) is 44.5. The van der Waals surface area contributed by atoms with E-state index in [1.165, 1.54) is 167 Å². The highest BCUT2D eigenvalue weighted by atomic mass is 16.5. The molecular formula is C54H105N3O4. The first kappa shape index (κ1) is 59.1. The second-order valence-electron chi connectivity index (χ2n) is 18.0. The van der Waals surface area contributed by atoms with Gasteiger partial charge in [0.2, 0.25) is 0 Å². The smallest absolute Gasteiger partial charge is 0.407 e. The Labute approximate surface area is 380 Å². The molecule has 61 heavy (non-hydrogen) atoms. The van der Waals surface area contributed by atoms with Crippen molar-refractivity contribution in [2.24, 2.45) is 0 Å². The Morgan fingerprint density at radius 1 is 0.475 bits per heavy atom. The molecule has 0 saturated heterocycles. The minimum atomic E-state index is -0.286. The average molecular weight is 860 g/mol. The van der Waals surface area contributed by atoms with Crippen LogP contribution in [0.1, 0.15) is 253 Å². The zero-order valence-corrected chi connectivity index (χ0v) is 41.6. The van der Waals surface area contributed by atoms with Gasteiger partial charge in [-0.15, -0.1) is 0 Å². The number of allylic oxidation sites excluding steroid dienone is 4. The largest absolute Gasteiger partial charge is 0.462 e. The number of hydrogen-bond acceptors (Lipinski definition) is 6. The molecule has 0 aromatic heterocycles. The molecule has 0 unspecified atom stereocenters. The van der Waals surface area contributed by atoms with Crippen molar-refractivity contribution in [2.45, 2.75) is 259 Å². The number of amides is 1. The maximum absolute atomic E-state index is 12.9. The lowest BCUT2D eigenvalue weighted by molar-refractivity contribution is -0.150. The SMILES string of the molecule is CCCCC/C=C\C/C=C\CCCCCCCCN(CCCCCCCC(=O)OC(CCCCCCCC)CCCCCCCC)CCCOC(=O)NCCCN(CC)CC. The summed E-state index contributed by atoms with van der Waals surface area (Å²) in [7, 11) is 0. The van der Waals surface area contributed by atoms with Crippen molar-refractivity contribution >= 4 is 12.1 Å². The number of alkyl carbamates (subject to hydrolysis) is 1. The number of nitrogens with one attached hydrogen (secondary N) is 1. The van der Waals surface area contributed by atoms with Crippen LogP contribution in [0.3, 0.4) is 0 Å². The van der Waals surface area contributed by atoms with Gasteiger partial charge in [-0.3, -0.25) is 4.79 Å². The first-order valence-corrected chi connectivity index (χ1v) is 26.8. The van der Waals surface area contributed by atoms with Gasteiger partial charge in [0.25, 0.3) is 0 Å². The molecule has 0 atom stereocenters. The fourth-order valence-electron chi connectivity index (χ4n) is 8.14. The quantitative estimate of drug-likeness (QED) is 0.0373. The Bertz CT molecular complexity index is 952. The number of carbonyl (C=O) groups excluding carboxylic acids is 2. The van der Waals surface area contributed by atoms with Crippen LogP contribution in [-0.4, -0.2) is 80.4 Å². The van der Waals surface area contributed by atoms with Crippen molar-refractivity contribution in [1.29, 1.82) is 0 Å². The second-order valence-corrected chi connectivity index (χ2v) is 18.0. The van der Waals surface area contributed by atoms with Crippen LogP contribution in [0.25, 0.3) is 0 Å². The van der Waals surface area contributed by atoms with E-state index in [2.05, 4.69) is 74.0 Å². The van der Waals surface area contributed by atoms with Gasteiger partial charge in [0.15, 0.2) is 0 Å². The van der Waals surface area contributed by atoms with E-state index in [0.717, 1.165) is 84.2 Å². The summed E-state index contributed by atoms with van der Waals surface area (Å²) in [6.07, 6.45) is 49.9. The Balaban J connectivity index is 4.54. The highest BCUT2D eigenvalue weighted by Crippen LogP contribution is 2.19. The molecule has 0 saturated carbocycles. The standard InChI is InChI=1S/C54H105N3O4/c1-6-11-14-17-20-21-22-23-24-25-26-27-28-29-34-39-47-57(50-42-51-60-54(59)55-46-41-49-56(9-4)10-5)48-40-35-30-33-38-45-53(58)61-52(43-36-31-18-15-12-7-2)44-37-32-19-16-13-8-3/h20-21,23-24,52H,6-19,22,25-51H2,1-5H3,(H,55,59)/b21-20-,24-23-. The lowest BCUT2D eigenvalue weighted by Crippen LogP contribution is -2.31. The normalized spacial score (nSPS) is 11.9. The number of ether oxygens (including phenoxy) is 2. The van der Waals surface area contributed by atoms with E-state index in [1.807, 2.05) is 0 Å². The Morgan fingerprint density at radius 3 is 1.48 bits per heavy atom. The number of unbranched alkanes of at least 4 members (excludes halogenated alkanes) is 23. The van der Waals surface area contributed by atoms with E-state index in [9.17, 15) is 9.59 Å². The van der Waals surface area contributed by atoms with Gasteiger partial charge in [-0.2, -0.15) is 0 Å². The van der Waals surface area contributed by atoms with Crippen molar-refractivity contribution in [3.05, 3.63) is 24.3 Å². The molecule has 1 amide bonds. The molecule has 0 fully saturated rings. The molecule has 7 heteroatoms. The molecule has 0 radical (unpaired) electrons. The third kappa shape index (κ3) is 44.5. The Kier molecular flexibility index (Phi) is 47.7. The zero-order valence-electron chi connectivity index (χ0n) is 41.6. The van der Waals surface area contributed by atoms with Gasteiger partial charge in [0.05, 0.1) is 6.61 Å². The summed E-state index contributed by atoms with van der Waals surface area (Å²) < 4.78 is 11.6. The maximum Gasteiger partial charge on any atom is 0.407 e. The highest BCUT2D eigenvalue weighted by Gasteiger charge is 2.14. The van der Waals surface area contributed by atoms with Gasteiger partial charge < -0.3 is 24.6 Å². The van der Waals surface area contributed by atoms with E-state index in [1.54, 1.807) is 0 Å². The van der Waals surface area contributed by atoms with Gasteiger partial charge >= 0.3 is 12.1 Å². The minimum Gasteiger partial charge on any atom is -0.462 e. The van der Waals surface area contributed by atoms with Crippen molar-refractivity contribution in [1.82, 2.24) is 15.1 Å². The summed E-state index contributed by atoms with van der Waals surface area (Å²) in [6.45, 7) is 18.6. The second kappa shape index (κ2) is 49.2. The molecule has 1 N–H and O–H groups in total. The molecule has 360 valence electrons. The molecule has 0 spiro atoms. The van der Waals surface area contributed by atoms with Gasteiger partial charge in [0, 0.05) is 19.5 Å². The van der Waals surface area contributed by atoms with Crippen LogP contribution < -0.4 is 5.32 Å². The predicted molar refractivity (Wildman–Crippen MR) is 266 cm³/mol. The van der Waals surface area contributed by atoms with Crippen LogP contribution in [0.15, 0.2) is 24.3 Å². The summed E-state index contributed by atoms with van der Waals surface area (Å²) in [4.78, 5) is 30.1. The number of carbonyl (C=O) groups is 2.